The highest BCUT2D eigenvalue weighted by Crippen LogP contribution is 2.18. The van der Waals surface area contributed by atoms with Crippen molar-refractivity contribution in [2.24, 2.45) is 0 Å². The summed E-state index contributed by atoms with van der Waals surface area (Å²) < 4.78 is 36.9. The summed E-state index contributed by atoms with van der Waals surface area (Å²) in [6.45, 7) is 1.96. The number of morpholine rings is 1. The number of hydrogen-bond acceptors (Lipinski definition) is 5. The monoisotopic (exact) mass is 378 g/mol. The van der Waals surface area contributed by atoms with Crippen LogP contribution in [0, 0.1) is 0 Å². The van der Waals surface area contributed by atoms with Gasteiger partial charge in [0.2, 0.25) is 15.9 Å². The first-order valence-corrected chi connectivity index (χ1v) is 9.95. The van der Waals surface area contributed by atoms with E-state index in [2.05, 4.69) is 5.32 Å². The van der Waals surface area contributed by atoms with Crippen LogP contribution in [0.5, 0.6) is 0 Å². The van der Waals surface area contributed by atoms with E-state index < -0.39 is 10.0 Å². The summed E-state index contributed by atoms with van der Waals surface area (Å²) in [7, 11) is -3.48. The first-order chi connectivity index (χ1) is 12.6. The van der Waals surface area contributed by atoms with Gasteiger partial charge in [-0.3, -0.25) is 4.79 Å². The van der Waals surface area contributed by atoms with E-state index in [1.54, 1.807) is 42.7 Å². The summed E-state index contributed by atoms with van der Waals surface area (Å²) in [4.78, 5) is 12.1. The number of ether oxygens (including phenoxy) is 1. The van der Waals surface area contributed by atoms with E-state index >= 15 is 0 Å². The van der Waals surface area contributed by atoms with Crippen molar-refractivity contribution in [3.05, 3.63) is 54.0 Å². The van der Waals surface area contributed by atoms with Crippen molar-refractivity contribution < 1.29 is 22.4 Å². The maximum absolute atomic E-state index is 12.6. The van der Waals surface area contributed by atoms with Crippen molar-refractivity contribution in [2.45, 2.75) is 24.3 Å². The van der Waals surface area contributed by atoms with Gasteiger partial charge in [-0.2, -0.15) is 4.31 Å². The molecule has 26 heavy (non-hydrogen) atoms. The van der Waals surface area contributed by atoms with Crippen molar-refractivity contribution in [3.8, 4) is 0 Å². The Kier molecular flexibility index (Phi) is 6.08. The number of aryl methyl sites for hydroxylation is 1. The van der Waals surface area contributed by atoms with E-state index in [0.717, 1.165) is 5.56 Å². The van der Waals surface area contributed by atoms with Crippen LogP contribution in [0.3, 0.4) is 0 Å². The second kappa shape index (κ2) is 8.48. The lowest BCUT2D eigenvalue weighted by atomic mass is 10.1. The van der Waals surface area contributed by atoms with Crippen LogP contribution in [0.25, 0.3) is 0 Å². The third-order valence-corrected chi connectivity index (χ3v) is 6.12. The molecule has 2 aromatic rings. The molecule has 1 aliphatic heterocycles. The SMILES string of the molecule is O=C(CCc1ccc(S(=O)(=O)N2CCOCC2)cc1)NCc1ccco1. The minimum absolute atomic E-state index is 0.0774. The number of rotatable bonds is 7. The standard InChI is InChI=1S/C18H22N2O5S/c21-18(19-14-16-2-1-11-25-16)8-5-15-3-6-17(7-4-15)26(22,23)20-9-12-24-13-10-20/h1-4,6-7,11H,5,8-10,12-14H2,(H,19,21). The van der Waals surface area contributed by atoms with Gasteiger partial charge in [0.1, 0.15) is 5.76 Å². The normalized spacial score (nSPS) is 15.7. The van der Waals surface area contributed by atoms with Crippen molar-refractivity contribution in [2.75, 3.05) is 26.3 Å². The minimum Gasteiger partial charge on any atom is -0.467 e. The lowest BCUT2D eigenvalue weighted by Gasteiger charge is -2.26. The molecule has 0 spiro atoms. The van der Waals surface area contributed by atoms with E-state index in [0.29, 0.717) is 51.4 Å². The van der Waals surface area contributed by atoms with Gasteiger partial charge in [0.05, 0.1) is 30.9 Å². The van der Waals surface area contributed by atoms with Crippen LogP contribution in [0.4, 0.5) is 0 Å². The summed E-state index contributed by atoms with van der Waals surface area (Å²) in [5.41, 5.74) is 0.916. The average Bonchev–Trinajstić information content (AvgIpc) is 3.19. The smallest absolute Gasteiger partial charge is 0.243 e. The molecule has 8 heteroatoms. The van der Waals surface area contributed by atoms with Gasteiger partial charge in [-0.1, -0.05) is 12.1 Å². The third-order valence-electron chi connectivity index (χ3n) is 4.21. The highest BCUT2D eigenvalue weighted by atomic mass is 32.2. The first-order valence-electron chi connectivity index (χ1n) is 8.51. The number of nitrogens with one attached hydrogen (secondary N) is 1. The largest absolute Gasteiger partial charge is 0.467 e. The quantitative estimate of drug-likeness (QED) is 0.790. The summed E-state index contributed by atoms with van der Waals surface area (Å²) in [5, 5.41) is 2.79. The molecule has 1 fully saturated rings. The van der Waals surface area contributed by atoms with Crippen molar-refractivity contribution in [3.63, 3.8) is 0 Å². The van der Waals surface area contributed by atoms with Crippen LogP contribution < -0.4 is 5.32 Å². The summed E-state index contributed by atoms with van der Waals surface area (Å²) >= 11 is 0. The fourth-order valence-electron chi connectivity index (χ4n) is 2.71. The van der Waals surface area contributed by atoms with Crippen LogP contribution in [-0.4, -0.2) is 44.9 Å². The number of hydrogen-bond donors (Lipinski definition) is 1. The molecule has 1 saturated heterocycles. The molecule has 140 valence electrons. The Morgan fingerprint density at radius 3 is 2.50 bits per heavy atom. The van der Waals surface area contributed by atoms with Gasteiger partial charge in [0.15, 0.2) is 0 Å². The number of amides is 1. The van der Waals surface area contributed by atoms with Gasteiger partial charge in [-0.05, 0) is 36.2 Å². The van der Waals surface area contributed by atoms with E-state index in [4.69, 9.17) is 9.15 Å². The summed E-state index contributed by atoms with van der Waals surface area (Å²) in [6.07, 6.45) is 2.44. The Balaban J connectivity index is 1.51. The molecule has 0 unspecified atom stereocenters. The predicted octanol–water partition coefficient (Wildman–Crippen LogP) is 1.55. The maximum Gasteiger partial charge on any atom is 0.243 e. The molecule has 7 nitrogen and oxygen atoms in total. The zero-order chi connectivity index (χ0) is 18.4. The van der Waals surface area contributed by atoms with Gasteiger partial charge in [0.25, 0.3) is 0 Å². The number of carbonyl (C=O) groups excluding carboxylic acids is 1. The third kappa shape index (κ3) is 4.72. The second-order valence-electron chi connectivity index (χ2n) is 6.02. The number of carbonyl (C=O) groups is 1. The fraction of sp³-hybridized carbons (Fsp3) is 0.389. The van der Waals surface area contributed by atoms with Gasteiger partial charge >= 0.3 is 0 Å². The van der Waals surface area contributed by atoms with E-state index in [1.807, 2.05) is 0 Å². The Hall–Kier alpha value is -2.16. The maximum atomic E-state index is 12.6. The predicted molar refractivity (Wildman–Crippen MR) is 94.9 cm³/mol. The zero-order valence-corrected chi connectivity index (χ0v) is 15.2. The van der Waals surface area contributed by atoms with E-state index in [9.17, 15) is 13.2 Å². The molecule has 0 bridgehead atoms. The second-order valence-corrected chi connectivity index (χ2v) is 7.95. The Morgan fingerprint density at radius 2 is 1.85 bits per heavy atom. The van der Waals surface area contributed by atoms with Crippen molar-refractivity contribution in [1.29, 1.82) is 0 Å². The molecule has 0 saturated carbocycles. The van der Waals surface area contributed by atoms with Crippen LogP contribution in [0.1, 0.15) is 17.7 Å². The first kappa shape index (κ1) is 18.6. The average molecular weight is 378 g/mol. The molecule has 2 heterocycles. The number of nitrogens with zero attached hydrogens (tertiary/aromatic N) is 1. The molecule has 1 N–H and O–H groups in total. The number of benzene rings is 1. The highest BCUT2D eigenvalue weighted by Gasteiger charge is 2.26. The van der Waals surface area contributed by atoms with Gasteiger partial charge < -0.3 is 14.5 Å². The molecule has 0 aliphatic carbocycles. The molecule has 1 amide bonds. The van der Waals surface area contributed by atoms with Gasteiger partial charge in [-0.25, -0.2) is 8.42 Å². The number of sulfonamides is 1. The van der Waals surface area contributed by atoms with Crippen molar-refractivity contribution in [1.82, 2.24) is 9.62 Å². The van der Waals surface area contributed by atoms with Crippen LogP contribution in [0.15, 0.2) is 52.0 Å². The molecular weight excluding hydrogens is 356 g/mol. The molecule has 1 aromatic heterocycles. The fourth-order valence-corrected chi connectivity index (χ4v) is 4.12. The molecule has 1 aliphatic rings. The highest BCUT2D eigenvalue weighted by molar-refractivity contribution is 7.89. The summed E-state index contributed by atoms with van der Waals surface area (Å²) in [5.74, 6) is 0.627. The molecule has 1 aromatic carbocycles. The molecular formula is C18H22N2O5S. The van der Waals surface area contributed by atoms with Crippen LogP contribution >= 0.6 is 0 Å². The lowest BCUT2D eigenvalue weighted by molar-refractivity contribution is -0.121. The van der Waals surface area contributed by atoms with E-state index in [-0.39, 0.29) is 10.8 Å². The molecule has 0 radical (unpaired) electrons. The van der Waals surface area contributed by atoms with Crippen LogP contribution in [0.2, 0.25) is 0 Å². The minimum atomic E-state index is -3.48. The molecule has 3 rings (SSSR count). The summed E-state index contributed by atoms with van der Waals surface area (Å²) in [6, 6.07) is 10.3. The van der Waals surface area contributed by atoms with Crippen LogP contribution in [-0.2, 0) is 32.5 Å². The van der Waals surface area contributed by atoms with Gasteiger partial charge in [0, 0.05) is 19.5 Å². The Morgan fingerprint density at radius 1 is 1.12 bits per heavy atom. The topological polar surface area (TPSA) is 88.9 Å². The number of furan rings is 1. The Labute approximate surface area is 153 Å². The lowest BCUT2D eigenvalue weighted by Crippen LogP contribution is -2.40. The van der Waals surface area contributed by atoms with Gasteiger partial charge in [-0.15, -0.1) is 0 Å². The van der Waals surface area contributed by atoms with Crippen molar-refractivity contribution >= 4 is 15.9 Å². The van der Waals surface area contributed by atoms with E-state index in [1.165, 1.54) is 4.31 Å². The zero-order valence-electron chi connectivity index (χ0n) is 14.4. The Bertz CT molecular complexity index is 810. The molecule has 0 atom stereocenters.